The fourth-order valence-electron chi connectivity index (χ4n) is 2.40. The number of H-pyrrole nitrogens is 1. The van der Waals surface area contributed by atoms with Gasteiger partial charge < -0.3 is 9.15 Å². The van der Waals surface area contributed by atoms with Gasteiger partial charge >= 0.3 is 5.76 Å². The first-order valence-electron chi connectivity index (χ1n) is 6.08. The average Bonchev–Trinajstić information content (AvgIpc) is 2.78. The Morgan fingerprint density at radius 3 is 3.11 bits per heavy atom. The van der Waals surface area contributed by atoms with Gasteiger partial charge in [0.2, 0.25) is 0 Å². The second-order valence-corrected chi connectivity index (χ2v) is 5.64. The highest BCUT2D eigenvalue weighted by molar-refractivity contribution is 9.09. The Bertz CT molecular complexity index is 598. The molecule has 5 heteroatoms. The Morgan fingerprint density at radius 1 is 1.44 bits per heavy atom. The van der Waals surface area contributed by atoms with Crippen LogP contribution in [0.15, 0.2) is 27.4 Å². The summed E-state index contributed by atoms with van der Waals surface area (Å²) in [6.07, 6.45) is 2.26. The van der Waals surface area contributed by atoms with Crippen LogP contribution < -0.4 is 5.76 Å². The van der Waals surface area contributed by atoms with Crippen LogP contribution >= 0.6 is 15.9 Å². The number of alkyl halides is 1. The Labute approximate surface area is 112 Å². The molecule has 1 aromatic heterocycles. The maximum Gasteiger partial charge on any atom is 0.417 e. The summed E-state index contributed by atoms with van der Waals surface area (Å²) in [5, 5.41) is 0. The van der Waals surface area contributed by atoms with Gasteiger partial charge in [-0.25, -0.2) is 4.79 Å². The van der Waals surface area contributed by atoms with E-state index in [0.717, 1.165) is 37.1 Å². The Morgan fingerprint density at radius 2 is 2.33 bits per heavy atom. The van der Waals surface area contributed by atoms with Crippen LogP contribution in [0.5, 0.6) is 0 Å². The summed E-state index contributed by atoms with van der Waals surface area (Å²) in [5.41, 5.74) is 2.47. The number of benzene rings is 1. The molecule has 0 aliphatic carbocycles. The van der Waals surface area contributed by atoms with Crippen molar-refractivity contribution in [3.05, 3.63) is 34.3 Å². The molecule has 2 aromatic rings. The van der Waals surface area contributed by atoms with Gasteiger partial charge in [-0.1, -0.05) is 22.0 Å². The van der Waals surface area contributed by atoms with E-state index in [1.54, 1.807) is 0 Å². The van der Waals surface area contributed by atoms with Crippen molar-refractivity contribution in [3.63, 3.8) is 0 Å². The van der Waals surface area contributed by atoms with Crippen LogP contribution in [0.4, 0.5) is 0 Å². The van der Waals surface area contributed by atoms with Gasteiger partial charge in [0.05, 0.1) is 12.1 Å². The van der Waals surface area contributed by atoms with E-state index in [-0.39, 0.29) is 4.83 Å². The van der Waals surface area contributed by atoms with E-state index in [9.17, 15) is 4.79 Å². The van der Waals surface area contributed by atoms with Gasteiger partial charge in [-0.3, -0.25) is 4.98 Å². The molecule has 1 aliphatic heterocycles. The fourth-order valence-corrected chi connectivity index (χ4v) is 3.10. The van der Waals surface area contributed by atoms with Crippen LogP contribution in [0.1, 0.15) is 23.2 Å². The normalized spacial score (nSPS) is 22.2. The van der Waals surface area contributed by atoms with Gasteiger partial charge in [-0.15, -0.1) is 0 Å². The third kappa shape index (κ3) is 2.24. The lowest BCUT2D eigenvalue weighted by Gasteiger charge is -2.26. The highest BCUT2D eigenvalue weighted by atomic mass is 79.9. The first-order chi connectivity index (χ1) is 8.74. The first-order valence-corrected chi connectivity index (χ1v) is 7.00. The number of nitrogens with one attached hydrogen (secondary N) is 1. The topological polar surface area (TPSA) is 55.2 Å². The monoisotopic (exact) mass is 311 g/mol. The van der Waals surface area contributed by atoms with Crippen LogP contribution in [0.25, 0.3) is 11.1 Å². The number of halogens is 1. The van der Waals surface area contributed by atoms with Crippen molar-refractivity contribution in [1.82, 2.24) is 4.98 Å². The predicted molar refractivity (Wildman–Crippen MR) is 72.0 cm³/mol. The first kappa shape index (κ1) is 12.0. The largest absolute Gasteiger partial charge is 0.417 e. The van der Waals surface area contributed by atoms with E-state index in [1.807, 2.05) is 18.2 Å². The SMILES string of the molecule is O=c1[nH]c2ccc(C(Br)C3CCCOC3)cc2o1. The second-order valence-electron chi connectivity index (χ2n) is 4.65. The van der Waals surface area contributed by atoms with Crippen molar-refractivity contribution in [2.75, 3.05) is 13.2 Å². The predicted octanol–water partition coefficient (Wildman–Crippen LogP) is 2.98. The molecule has 4 nitrogen and oxygen atoms in total. The maximum absolute atomic E-state index is 11.1. The molecule has 3 rings (SSSR count). The second kappa shape index (κ2) is 4.90. The fraction of sp³-hybridized carbons (Fsp3) is 0.462. The van der Waals surface area contributed by atoms with Gasteiger partial charge in [0, 0.05) is 11.4 Å². The van der Waals surface area contributed by atoms with E-state index in [2.05, 4.69) is 20.9 Å². The quantitative estimate of drug-likeness (QED) is 0.867. The minimum atomic E-state index is -0.408. The van der Waals surface area contributed by atoms with E-state index >= 15 is 0 Å². The highest BCUT2D eigenvalue weighted by Crippen LogP contribution is 2.36. The molecule has 1 aromatic carbocycles. The molecule has 2 heterocycles. The molecule has 0 spiro atoms. The number of hydrogen-bond acceptors (Lipinski definition) is 3. The molecule has 1 saturated heterocycles. The smallest absolute Gasteiger partial charge is 0.408 e. The maximum atomic E-state index is 11.1. The van der Waals surface area contributed by atoms with Crippen LogP contribution in [0.3, 0.4) is 0 Å². The minimum absolute atomic E-state index is 0.238. The zero-order valence-electron chi connectivity index (χ0n) is 9.82. The highest BCUT2D eigenvalue weighted by Gasteiger charge is 2.23. The number of ether oxygens (including phenoxy) is 1. The molecule has 0 saturated carbocycles. The van der Waals surface area contributed by atoms with Gasteiger partial charge in [-0.2, -0.15) is 0 Å². The van der Waals surface area contributed by atoms with Crippen LogP contribution in [0.2, 0.25) is 0 Å². The molecule has 0 amide bonds. The number of fused-ring (bicyclic) bond motifs is 1. The zero-order chi connectivity index (χ0) is 12.5. The van der Waals surface area contributed by atoms with Gasteiger partial charge in [-0.05, 0) is 36.5 Å². The van der Waals surface area contributed by atoms with E-state index < -0.39 is 5.76 Å². The summed E-state index contributed by atoms with van der Waals surface area (Å²) in [6, 6.07) is 5.82. The molecule has 18 heavy (non-hydrogen) atoms. The molecule has 2 unspecified atom stereocenters. The molecule has 96 valence electrons. The standard InChI is InChI=1S/C13H14BrNO3/c14-12(9-2-1-5-17-7-9)8-3-4-10-11(6-8)18-13(16)15-10/h3-4,6,9,12H,1-2,5,7H2,(H,15,16). The lowest BCUT2D eigenvalue weighted by Crippen LogP contribution is -2.20. The molecule has 0 radical (unpaired) electrons. The van der Waals surface area contributed by atoms with E-state index in [1.165, 1.54) is 0 Å². The molecule has 0 bridgehead atoms. The van der Waals surface area contributed by atoms with Crippen molar-refractivity contribution in [2.24, 2.45) is 5.92 Å². The lowest BCUT2D eigenvalue weighted by atomic mass is 9.94. The number of aromatic nitrogens is 1. The summed E-state index contributed by atoms with van der Waals surface area (Å²) < 4.78 is 10.6. The minimum Gasteiger partial charge on any atom is -0.408 e. The van der Waals surface area contributed by atoms with Crippen molar-refractivity contribution in [2.45, 2.75) is 17.7 Å². The summed E-state index contributed by atoms with van der Waals surface area (Å²) in [5.74, 6) is 0.0659. The van der Waals surface area contributed by atoms with Crippen molar-refractivity contribution >= 4 is 27.0 Å². The summed E-state index contributed by atoms with van der Waals surface area (Å²) in [4.78, 5) is 14.0. The molecular weight excluding hydrogens is 298 g/mol. The van der Waals surface area contributed by atoms with Crippen LogP contribution in [0, 0.1) is 5.92 Å². The Balaban J connectivity index is 1.90. The van der Waals surface area contributed by atoms with Crippen LogP contribution in [-0.2, 0) is 4.74 Å². The van der Waals surface area contributed by atoms with Gasteiger partial charge in [0.1, 0.15) is 0 Å². The van der Waals surface area contributed by atoms with E-state index in [0.29, 0.717) is 11.5 Å². The Kier molecular flexibility index (Phi) is 3.26. The van der Waals surface area contributed by atoms with Crippen LogP contribution in [-0.4, -0.2) is 18.2 Å². The lowest BCUT2D eigenvalue weighted by molar-refractivity contribution is 0.0546. The molecule has 1 N–H and O–H groups in total. The third-order valence-electron chi connectivity index (χ3n) is 3.37. The number of oxazole rings is 1. The zero-order valence-corrected chi connectivity index (χ0v) is 11.4. The molecule has 1 fully saturated rings. The molecule has 1 aliphatic rings. The molecule has 2 atom stereocenters. The summed E-state index contributed by atoms with van der Waals surface area (Å²) in [7, 11) is 0. The van der Waals surface area contributed by atoms with Gasteiger partial charge in [0.25, 0.3) is 0 Å². The van der Waals surface area contributed by atoms with Crippen molar-refractivity contribution in [3.8, 4) is 0 Å². The Hall–Kier alpha value is -1.07. The number of aromatic amines is 1. The number of rotatable bonds is 2. The summed E-state index contributed by atoms with van der Waals surface area (Å²) >= 11 is 3.73. The number of hydrogen-bond donors (Lipinski definition) is 1. The van der Waals surface area contributed by atoms with Gasteiger partial charge in [0.15, 0.2) is 5.58 Å². The summed E-state index contributed by atoms with van der Waals surface area (Å²) in [6.45, 7) is 1.65. The third-order valence-corrected chi connectivity index (χ3v) is 4.65. The van der Waals surface area contributed by atoms with Crippen molar-refractivity contribution in [1.29, 1.82) is 0 Å². The average molecular weight is 312 g/mol. The molecular formula is C13H14BrNO3. The van der Waals surface area contributed by atoms with E-state index in [4.69, 9.17) is 9.15 Å². The van der Waals surface area contributed by atoms with Crippen molar-refractivity contribution < 1.29 is 9.15 Å².